The zero-order chi connectivity index (χ0) is 11.8. The highest BCUT2D eigenvalue weighted by Gasteiger charge is 2.07. The number of hydrogen-bond acceptors (Lipinski definition) is 4. The molecule has 4 nitrogen and oxygen atoms in total. The van der Waals surface area contributed by atoms with Crippen molar-refractivity contribution in [3.05, 3.63) is 12.2 Å². The van der Waals surface area contributed by atoms with Crippen LogP contribution in [0, 0.1) is 0 Å². The maximum absolute atomic E-state index is 11.0. The monoisotopic (exact) mass is 215 g/mol. The average Bonchev–Trinajstić information content (AvgIpc) is 2.13. The smallest absolute Gasteiger partial charge is 0.333 e. The Morgan fingerprint density at radius 1 is 1.47 bits per heavy atom. The van der Waals surface area contributed by atoms with Crippen molar-refractivity contribution >= 4 is 5.97 Å². The molecule has 0 radical (unpaired) electrons. The molecule has 4 heteroatoms. The van der Waals surface area contributed by atoms with Crippen molar-refractivity contribution in [1.29, 1.82) is 0 Å². The summed E-state index contributed by atoms with van der Waals surface area (Å²) in [7, 11) is 3.96. The van der Waals surface area contributed by atoms with Gasteiger partial charge in [-0.05, 0) is 27.9 Å². The Labute approximate surface area is 91.8 Å². The summed E-state index contributed by atoms with van der Waals surface area (Å²) < 4.78 is 10.4. The van der Waals surface area contributed by atoms with Gasteiger partial charge in [0.2, 0.25) is 0 Å². The van der Waals surface area contributed by atoms with E-state index < -0.39 is 0 Å². The van der Waals surface area contributed by atoms with E-state index in [2.05, 4.69) is 6.58 Å². The Hall–Kier alpha value is -0.870. The average molecular weight is 215 g/mol. The SMILES string of the molecule is C=C(C)C(=O)OCC(C)OCCN(C)C. The Morgan fingerprint density at radius 2 is 2.07 bits per heavy atom. The van der Waals surface area contributed by atoms with E-state index in [0.717, 1.165) is 6.54 Å². The molecule has 1 atom stereocenters. The molecular formula is C11H21NO3. The third-order valence-corrected chi connectivity index (χ3v) is 1.74. The van der Waals surface area contributed by atoms with E-state index in [4.69, 9.17) is 9.47 Å². The van der Waals surface area contributed by atoms with Gasteiger partial charge in [0.1, 0.15) is 6.61 Å². The maximum atomic E-state index is 11.0. The minimum absolute atomic E-state index is 0.0757. The standard InChI is InChI=1S/C11H21NO3/c1-9(2)11(13)15-8-10(3)14-7-6-12(4)5/h10H,1,6-8H2,2-5H3. The van der Waals surface area contributed by atoms with Gasteiger partial charge in [-0.1, -0.05) is 6.58 Å². The number of likely N-dealkylation sites (N-methyl/N-ethyl adjacent to an activating group) is 1. The minimum Gasteiger partial charge on any atom is -0.460 e. The number of nitrogens with zero attached hydrogens (tertiary/aromatic N) is 1. The fraction of sp³-hybridized carbons (Fsp3) is 0.727. The normalized spacial score (nSPS) is 12.6. The molecule has 0 fully saturated rings. The Balaban J connectivity index is 3.53. The Kier molecular flexibility index (Phi) is 6.99. The van der Waals surface area contributed by atoms with Crippen LogP contribution in [0.5, 0.6) is 0 Å². The molecule has 0 aromatic carbocycles. The second-order valence-electron chi connectivity index (χ2n) is 3.86. The van der Waals surface area contributed by atoms with Gasteiger partial charge in [-0.2, -0.15) is 0 Å². The van der Waals surface area contributed by atoms with Crippen molar-refractivity contribution < 1.29 is 14.3 Å². The number of esters is 1. The largest absolute Gasteiger partial charge is 0.460 e. The van der Waals surface area contributed by atoms with Crippen molar-refractivity contribution in [2.75, 3.05) is 33.9 Å². The lowest BCUT2D eigenvalue weighted by Gasteiger charge is -2.15. The van der Waals surface area contributed by atoms with Crippen LogP contribution in [0.3, 0.4) is 0 Å². The summed E-state index contributed by atoms with van der Waals surface area (Å²) in [5.41, 5.74) is 0.412. The van der Waals surface area contributed by atoms with Gasteiger partial charge in [-0.3, -0.25) is 0 Å². The van der Waals surface area contributed by atoms with Gasteiger partial charge in [0, 0.05) is 12.1 Å². The highest BCUT2D eigenvalue weighted by molar-refractivity contribution is 5.86. The van der Waals surface area contributed by atoms with E-state index in [1.165, 1.54) is 0 Å². The van der Waals surface area contributed by atoms with E-state index in [9.17, 15) is 4.79 Å². The van der Waals surface area contributed by atoms with Crippen LogP contribution in [0.2, 0.25) is 0 Å². The number of hydrogen-bond donors (Lipinski definition) is 0. The van der Waals surface area contributed by atoms with Gasteiger partial charge >= 0.3 is 5.97 Å². The van der Waals surface area contributed by atoms with Gasteiger partial charge in [-0.25, -0.2) is 4.79 Å². The first-order valence-electron chi connectivity index (χ1n) is 5.02. The van der Waals surface area contributed by atoms with Crippen molar-refractivity contribution in [1.82, 2.24) is 4.90 Å². The lowest BCUT2D eigenvalue weighted by Crippen LogP contribution is -2.24. The summed E-state index contributed by atoms with van der Waals surface area (Å²) in [4.78, 5) is 13.1. The molecule has 0 N–H and O–H groups in total. The molecule has 15 heavy (non-hydrogen) atoms. The molecule has 0 aliphatic heterocycles. The van der Waals surface area contributed by atoms with E-state index in [-0.39, 0.29) is 18.7 Å². The van der Waals surface area contributed by atoms with Gasteiger partial charge in [0.25, 0.3) is 0 Å². The topological polar surface area (TPSA) is 38.8 Å². The van der Waals surface area contributed by atoms with E-state index >= 15 is 0 Å². The molecule has 0 amide bonds. The van der Waals surface area contributed by atoms with E-state index in [1.807, 2.05) is 25.9 Å². The molecule has 0 saturated heterocycles. The number of ether oxygens (including phenoxy) is 2. The van der Waals surface area contributed by atoms with Crippen molar-refractivity contribution in [2.45, 2.75) is 20.0 Å². The molecule has 88 valence electrons. The van der Waals surface area contributed by atoms with Crippen LogP contribution in [-0.4, -0.2) is 50.8 Å². The molecule has 1 unspecified atom stereocenters. The summed E-state index contributed by atoms with van der Waals surface area (Å²) >= 11 is 0. The van der Waals surface area contributed by atoms with E-state index in [0.29, 0.717) is 12.2 Å². The van der Waals surface area contributed by atoms with E-state index in [1.54, 1.807) is 6.92 Å². The lowest BCUT2D eigenvalue weighted by atomic mass is 10.3. The van der Waals surface area contributed by atoms with Crippen molar-refractivity contribution in [2.24, 2.45) is 0 Å². The van der Waals surface area contributed by atoms with Crippen LogP contribution in [0.15, 0.2) is 12.2 Å². The third kappa shape index (κ3) is 8.15. The summed E-state index contributed by atoms with van der Waals surface area (Å²) in [6.07, 6.45) is -0.0757. The second-order valence-corrected chi connectivity index (χ2v) is 3.86. The fourth-order valence-electron chi connectivity index (χ4n) is 0.801. The predicted molar refractivity (Wildman–Crippen MR) is 59.7 cm³/mol. The summed E-state index contributed by atoms with van der Waals surface area (Å²) in [6.45, 7) is 8.77. The number of carbonyl (C=O) groups excluding carboxylic acids is 1. The third-order valence-electron chi connectivity index (χ3n) is 1.74. The Morgan fingerprint density at radius 3 is 2.53 bits per heavy atom. The summed E-state index contributed by atoms with van der Waals surface area (Å²) in [5.74, 6) is -0.363. The molecule has 0 aromatic rings. The number of carbonyl (C=O) groups is 1. The first-order valence-corrected chi connectivity index (χ1v) is 5.02. The highest BCUT2D eigenvalue weighted by Crippen LogP contribution is 1.97. The number of rotatable bonds is 7. The summed E-state index contributed by atoms with van der Waals surface area (Å²) in [5, 5.41) is 0. The first kappa shape index (κ1) is 14.1. The molecule has 0 aliphatic carbocycles. The van der Waals surface area contributed by atoms with Crippen molar-refractivity contribution in [3.8, 4) is 0 Å². The maximum Gasteiger partial charge on any atom is 0.333 e. The molecule has 0 heterocycles. The Bertz CT molecular complexity index is 214. The lowest BCUT2D eigenvalue weighted by molar-refractivity contribution is -0.142. The van der Waals surface area contributed by atoms with Crippen LogP contribution in [0.4, 0.5) is 0 Å². The van der Waals surface area contributed by atoms with Crippen LogP contribution in [0.1, 0.15) is 13.8 Å². The van der Waals surface area contributed by atoms with Gasteiger partial charge in [-0.15, -0.1) is 0 Å². The molecule has 0 spiro atoms. The molecule has 0 aromatic heterocycles. The van der Waals surface area contributed by atoms with Gasteiger partial charge < -0.3 is 14.4 Å². The van der Waals surface area contributed by atoms with Crippen LogP contribution in [-0.2, 0) is 14.3 Å². The van der Waals surface area contributed by atoms with Crippen molar-refractivity contribution in [3.63, 3.8) is 0 Å². The molecule has 0 rings (SSSR count). The zero-order valence-electron chi connectivity index (χ0n) is 10.1. The quantitative estimate of drug-likeness (QED) is 0.470. The van der Waals surface area contributed by atoms with Crippen LogP contribution in [0.25, 0.3) is 0 Å². The predicted octanol–water partition coefficient (Wildman–Crippen LogP) is 1.07. The minimum atomic E-state index is -0.363. The molecular weight excluding hydrogens is 194 g/mol. The van der Waals surface area contributed by atoms with Gasteiger partial charge in [0.15, 0.2) is 0 Å². The van der Waals surface area contributed by atoms with Crippen LogP contribution >= 0.6 is 0 Å². The highest BCUT2D eigenvalue weighted by atomic mass is 16.6. The molecule has 0 saturated carbocycles. The second kappa shape index (κ2) is 7.43. The first-order chi connectivity index (χ1) is 6.93. The summed E-state index contributed by atoms with van der Waals surface area (Å²) in [6, 6.07) is 0. The zero-order valence-corrected chi connectivity index (χ0v) is 10.1. The molecule has 0 bridgehead atoms. The molecule has 0 aliphatic rings. The van der Waals surface area contributed by atoms with Crippen LogP contribution < -0.4 is 0 Å². The fourth-order valence-corrected chi connectivity index (χ4v) is 0.801. The van der Waals surface area contributed by atoms with Gasteiger partial charge in [0.05, 0.1) is 12.7 Å².